The fourth-order valence-corrected chi connectivity index (χ4v) is 2.14. The fraction of sp³-hybridized carbons (Fsp3) is 0.500. The first-order chi connectivity index (χ1) is 9.19. The second kappa shape index (κ2) is 6.65. The topological polar surface area (TPSA) is 67.6 Å². The van der Waals surface area contributed by atoms with Crippen molar-refractivity contribution >= 4 is 5.91 Å². The van der Waals surface area contributed by atoms with Gasteiger partial charge in [0.15, 0.2) is 0 Å². The SMILES string of the molecule is CN1CCOC(CNC(=O)c2cccc(CN)c2)C1. The Hall–Kier alpha value is -1.43. The minimum atomic E-state index is -0.0767. The van der Waals surface area contributed by atoms with Crippen molar-refractivity contribution in [3.05, 3.63) is 35.4 Å². The molecule has 0 spiro atoms. The van der Waals surface area contributed by atoms with Crippen LogP contribution in [0.3, 0.4) is 0 Å². The third-order valence-corrected chi connectivity index (χ3v) is 3.26. The molecule has 3 N–H and O–H groups in total. The third kappa shape index (κ3) is 4.02. The Bertz CT molecular complexity index is 436. The van der Waals surface area contributed by atoms with Crippen molar-refractivity contribution in [3.63, 3.8) is 0 Å². The Kier molecular flexibility index (Phi) is 4.90. The quantitative estimate of drug-likeness (QED) is 0.814. The molecule has 0 aliphatic carbocycles. The minimum Gasteiger partial charge on any atom is -0.374 e. The van der Waals surface area contributed by atoms with Gasteiger partial charge in [-0.25, -0.2) is 0 Å². The second-order valence-electron chi connectivity index (χ2n) is 4.87. The van der Waals surface area contributed by atoms with Crippen molar-refractivity contribution in [2.24, 2.45) is 5.73 Å². The van der Waals surface area contributed by atoms with Crippen LogP contribution >= 0.6 is 0 Å². The summed E-state index contributed by atoms with van der Waals surface area (Å²) in [5.74, 6) is -0.0767. The van der Waals surface area contributed by atoms with Crippen LogP contribution in [0.15, 0.2) is 24.3 Å². The van der Waals surface area contributed by atoms with Gasteiger partial charge in [0.2, 0.25) is 0 Å². The summed E-state index contributed by atoms with van der Waals surface area (Å²) in [6.45, 7) is 3.50. The van der Waals surface area contributed by atoms with Gasteiger partial charge in [-0.2, -0.15) is 0 Å². The highest BCUT2D eigenvalue weighted by molar-refractivity contribution is 5.94. The molecule has 1 fully saturated rings. The Balaban J connectivity index is 1.86. The lowest BCUT2D eigenvalue weighted by atomic mass is 10.1. The highest BCUT2D eigenvalue weighted by Crippen LogP contribution is 2.06. The average molecular weight is 263 g/mol. The van der Waals surface area contributed by atoms with E-state index in [0.717, 1.165) is 25.3 Å². The van der Waals surface area contributed by atoms with Crippen LogP contribution in [0.4, 0.5) is 0 Å². The number of benzene rings is 1. The molecule has 0 saturated carbocycles. The van der Waals surface area contributed by atoms with E-state index in [-0.39, 0.29) is 12.0 Å². The first-order valence-electron chi connectivity index (χ1n) is 6.56. The van der Waals surface area contributed by atoms with Gasteiger partial charge in [-0.15, -0.1) is 0 Å². The number of hydrogen-bond donors (Lipinski definition) is 2. The molecule has 1 aromatic carbocycles. The van der Waals surface area contributed by atoms with Gasteiger partial charge >= 0.3 is 0 Å². The molecule has 19 heavy (non-hydrogen) atoms. The molecule has 1 aliphatic heterocycles. The molecule has 1 aliphatic rings. The molecular formula is C14H21N3O2. The monoisotopic (exact) mass is 263 g/mol. The molecular weight excluding hydrogens is 242 g/mol. The molecule has 1 amide bonds. The van der Waals surface area contributed by atoms with Crippen LogP contribution in [-0.2, 0) is 11.3 Å². The van der Waals surface area contributed by atoms with E-state index >= 15 is 0 Å². The van der Waals surface area contributed by atoms with Crippen molar-refractivity contribution in [3.8, 4) is 0 Å². The zero-order chi connectivity index (χ0) is 13.7. The molecule has 0 radical (unpaired) electrons. The second-order valence-corrected chi connectivity index (χ2v) is 4.87. The van der Waals surface area contributed by atoms with Crippen LogP contribution in [0.2, 0.25) is 0 Å². The van der Waals surface area contributed by atoms with E-state index < -0.39 is 0 Å². The van der Waals surface area contributed by atoms with Gasteiger partial charge in [0.25, 0.3) is 5.91 Å². The molecule has 1 unspecified atom stereocenters. The summed E-state index contributed by atoms with van der Waals surface area (Å²) >= 11 is 0. The molecule has 104 valence electrons. The predicted molar refractivity (Wildman–Crippen MR) is 73.9 cm³/mol. The molecule has 1 heterocycles. The van der Waals surface area contributed by atoms with Crippen molar-refractivity contribution in [2.45, 2.75) is 12.6 Å². The molecule has 2 rings (SSSR count). The van der Waals surface area contributed by atoms with Crippen molar-refractivity contribution in [1.82, 2.24) is 10.2 Å². The summed E-state index contributed by atoms with van der Waals surface area (Å²) in [7, 11) is 2.06. The summed E-state index contributed by atoms with van der Waals surface area (Å²) in [5.41, 5.74) is 7.17. The van der Waals surface area contributed by atoms with E-state index in [1.54, 1.807) is 6.07 Å². The number of rotatable bonds is 4. The number of morpholine rings is 1. The number of nitrogens with one attached hydrogen (secondary N) is 1. The van der Waals surface area contributed by atoms with E-state index in [1.807, 2.05) is 18.2 Å². The summed E-state index contributed by atoms with van der Waals surface area (Å²) in [5, 5.41) is 2.91. The molecule has 0 bridgehead atoms. The van der Waals surface area contributed by atoms with Gasteiger partial charge in [-0.3, -0.25) is 4.79 Å². The Morgan fingerprint density at radius 2 is 2.42 bits per heavy atom. The summed E-state index contributed by atoms with van der Waals surface area (Å²) < 4.78 is 5.60. The van der Waals surface area contributed by atoms with E-state index in [1.165, 1.54) is 0 Å². The van der Waals surface area contributed by atoms with Crippen molar-refractivity contribution in [2.75, 3.05) is 33.3 Å². The zero-order valence-corrected chi connectivity index (χ0v) is 11.3. The van der Waals surface area contributed by atoms with E-state index in [0.29, 0.717) is 18.7 Å². The van der Waals surface area contributed by atoms with Crippen molar-refractivity contribution < 1.29 is 9.53 Å². The van der Waals surface area contributed by atoms with Crippen LogP contribution in [0, 0.1) is 0 Å². The molecule has 0 aromatic heterocycles. The van der Waals surface area contributed by atoms with Gasteiger partial charge in [-0.1, -0.05) is 12.1 Å². The maximum absolute atomic E-state index is 12.0. The summed E-state index contributed by atoms with van der Waals surface area (Å²) in [4.78, 5) is 14.2. The maximum Gasteiger partial charge on any atom is 0.251 e. The van der Waals surface area contributed by atoms with E-state index in [2.05, 4.69) is 17.3 Å². The lowest BCUT2D eigenvalue weighted by molar-refractivity contribution is -0.0175. The smallest absolute Gasteiger partial charge is 0.251 e. The predicted octanol–water partition coefficient (Wildman–Crippen LogP) is 0.206. The Morgan fingerprint density at radius 3 is 3.16 bits per heavy atom. The largest absolute Gasteiger partial charge is 0.374 e. The number of nitrogens with zero attached hydrogens (tertiary/aromatic N) is 1. The van der Waals surface area contributed by atoms with Gasteiger partial charge < -0.3 is 20.7 Å². The number of likely N-dealkylation sites (N-methyl/N-ethyl adjacent to an activating group) is 1. The van der Waals surface area contributed by atoms with Gasteiger partial charge in [-0.05, 0) is 24.7 Å². The normalized spacial score (nSPS) is 20.2. The Morgan fingerprint density at radius 1 is 1.58 bits per heavy atom. The van der Waals surface area contributed by atoms with Crippen LogP contribution in [0.1, 0.15) is 15.9 Å². The summed E-state index contributed by atoms with van der Waals surface area (Å²) in [6, 6.07) is 7.38. The maximum atomic E-state index is 12.0. The lowest BCUT2D eigenvalue weighted by Crippen LogP contribution is -2.45. The van der Waals surface area contributed by atoms with Crippen LogP contribution in [0.5, 0.6) is 0 Å². The lowest BCUT2D eigenvalue weighted by Gasteiger charge is -2.30. The van der Waals surface area contributed by atoms with E-state index in [9.17, 15) is 4.79 Å². The zero-order valence-electron chi connectivity index (χ0n) is 11.3. The van der Waals surface area contributed by atoms with Gasteiger partial charge in [0, 0.05) is 31.7 Å². The average Bonchev–Trinajstić information content (AvgIpc) is 2.45. The minimum absolute atomic E-state index is 0.0698. The molecule has 1 aromatic rings. The number of hydrogen-bond acceptors (Lipinski definition) is 4. The fourth-order valence-electron chi connectivity index (χ4n) is 2.14. The number of carbonyl (C=O) groups excluding carboxylic acids is 1. The molecule has 5 nitrogen and oxygen atoms in total. The Labute approximate surface area is 113 Å². The first kappa shape index (κ1) is 14.0. The molecule has 1 atom stereocenters. The summed E-state index contributed by atoms with van der Waals surface area (Å²) in [6.07, 6.45) is 0.0698. The van der Waals surface area contributed by atoms with Crippen LogP contribution in [-0.4, -0.2) is 50.2 Å². The third-order valence-electron chi connectivity index (χ3n) is 3.26. The number of carbonyl (C=O) groups is 1. The van der Waals surface area contributed by atoms with Crippen molar-refractivity contribution in [1.29, 1.82) is 0 Å². The standard InChI is InChI=1S/C14H21N3O2/c1-17-5-6-19-13(10-17)9-16-14(18)12-4-2-3-11(7-12)8-15/h2-4,7,13H,5-6,8-10,15H2,1H3,(H,16,18). The molecule has 1 saturated heterocycles. The van der Waals surface area contributed by atoms with Crippen LogP contribution < -0.4 is 11.1 Å². The van der Waals surface area contributed by atoms with E-state index in [4.69, 9.17) is 10.5 Å². The number of nitrogens with two attached hydrogens (primary N) is 1. The molecule has 5 heteroatoms. The number of ether oxygens (including phenoxy) is 1. The highest BCUT2D eigenvalue weighted by Gasteiger charge is 2.18. The van der Waals surface area contributed by atoms with Gasteiger partial charge in [0.1, 0.15) is 0 Å². The van der Waals surface area contributed by atoms with Gasteiger partial charge in [0.05, 0.1) is 12.7 Å². The number of amides is 1. The van der Waals surface area contributed by atoms with Crippen LogP contribution in [0.25, 0.3) is 0 Å². The highest BCUT2D eigenvalue weighted by atomic mass is 16.5. The first-order valence-corrected chi connectivity index (χ1v) is 6.56.